The van der Waals surface area contributed by atoms with E-state index in [0.29, 0.717) is 5.39 Å². The molecule has 0 radical (unpaired) electrons. The van der Waals surface area contributed by atoms with Gasteiger partial charge in [0.1, 0.15) is 11.3 Å². The Morgan fingerprint density at radius 1 is 1.06 bits per heavy atom. The maximum Gasteiger partial charge on any atom is 0.420 e. The van der Waals surface area contributed by atoms with Crippen molar-refractivity contribution in [3.05, 3.63) is 39.0 Å². The van der Waals surface area contributed by atoms with Gasteiger partial charge < -0.3 is 4.74 Å². The van der Waals surface area contributed by atoms with Crippen LogP contribution < -0.4 is 4.74 Å². The quantitative estimate of drug-likeness (QED) is 0.660. The van der Waals surface area contributed by atoms with Gasteiger partial charge in [-0.15, -0.1) is 0 Å². The van der Waals surface area contributed by atoms with E-state index < -0.39 is 11.7 Å². The predicted molar refractivity (Wildman–Crippen MR) is 73.0 cm³/mol. The highest BCUT2D eigenvalue weighted by atomic mass is 127. The highest BCUT2D eigenvalue weighted by Crippen LogP contribution is 2.42. The van der Waals surface area contributed by atoms with Crippen molar-refractivity contribution < 1.29 is 17.9 Å². The summed E-state index contributed by atoms with van der Waals surface area (Å²) in [5.41, 5.74) is 0.142. The number of ether oxygens (including phenoxy) is 1. The molecule has 0 bridgehead atoms. The fraction of sp³-hybridized carbons (Fsp3) is 0.231. The number of fused-ring (bicyclic) bond motifs is 1. The lowest BCUT2D eigenvalue weighted by atomic mass is 9.99. The number of methoxy groups -OCH3 is 1. The van der Waals surface area contributed by atoms with Gasteiger partial charge in [-0.05, 0) is 58.0 Å². The first-order valence-corrected chi connectivity index (χ1v) is 6.27. The lowest BCUT2D eigenvalue weighted by Crippen LogP contribution is -2.08. The molecule has 0 aliphatic heterocycles. The van der Waals surface area contributed by atoms with Crippen molar-refractivity contribution in [2.75, 3.05) is 7.11 Å². The van der Waals surface area contributed by atoms with Gasteiger partial charge in [0, 0.05) is 3.57 Å². The van der Waals surface area contributed by atoms with Crippen molar-refractivity contribution >= 4 is 33.4 Å². The van der Waals surface area contributed by atoms with Crippen molar-refractivity contribution in [1.82, 2.24) is 0 Å². The number of rotatable bonds is 1. The summed E-state index contributed by atoms with van der Waals surface area (Å²) in [6.45, 7) is 1.82. The number of aryl methyl sites for hydroxylation is 1. The van der Waals surface area contributed by atoms with Crippen LogP contribution >= 0.6 is 22.6 Å². The van der Waals surface area contributed by atoms with E-state index in [4.69, 9.17) is 4.74 Å². The maximum absolute atomic E-state index is 13.1. The molecule has 2 rings (SSSR count). The first kappa shape index (κ1) is 13.5. The zero-order valence-corrected chi connectivity index (χ0v) is 11.9. The Balaban J connectivity index is 2.91. The first-order valence-electron chi connectivity index (χ1n) is 5.19. The second-order valence-corrected chi connectivity index (χ2v) is 5.07. The molecule has 18 heavy (non-hydrogen) atoms. The van der Waals surface area contributed by atoms with Gasteiger partial charge in [-0.25, -0.2) is 0 Å². The molecule has 0 aliphatic rings. The Hall–Kier alpha value is -0.980. The molecule has 0 spiro atoms. The summed E-state index contributed by atoms with van der Waals surface area (Å²) in [6.07, 6.45) is -4.43. The third-order valence-electron chi connectivity index (χ3n) is 2.87. The number of hydrogen-bond acceptors (Lipinski definition) is 1. The molecule has 0 atom stereocenters. The van der Waals surface area contributed by atoms with E-state index in [1.54, 1.807) is 12.1 Å². The molecular formula is C13H10F3IO. The molecule has 0 saturated heterocycles. The highest BCUT2D eigenvalue weighted by molar-refractivity contribution is 14.1. The van der Waals surface area contributed by atoms with Crippen LogP contribution in [0.15, 0.2) is 24.3 Å². The predicted octanol–water partition coefficient (Wildman–Crippen LogP) is 4.78. The van der Waals surface area contributed by atoms with Crippen molar-refractivity contribution in [1.29, 1.82) is 0 Å². The smallest absolute Gasteiger partial charge is 0.420 e. The van der Waals surface area contributed by atoms with Gasteiger partial charge in [0.25, 0.3) is 0 Å². The lowest BCUT2D eigenvalue weighted by molar-refractivity contribution is -0.137. The Kier molecular flexibility index (Phi) is 3.44. The van der Waals surface area contributed by atoms with Crippen LogP contribution in [0.25, 0.3) is 10.8 Å². The van der Waals surface area contributed by atoms with Crippen molar-refractivity contribution in [3.8, 4) is 5.75 Å². The SMILES string of the molecule is COc1ccc2c(C)c(I)ccc2c1C(F)(F)F. The van der Waals surface area contributed by atoms with E-state index in [-0.39, 0.29) is 11.1 Å². The molecule has 0 amide bonds. The summed E-state index contributed by atoms with van der Waals surface area (Å²) in [4.78, 5) is 0. The van der Waals surface area contributed by atoms with Crippen LogP contribution in [0, 0.1) is 10.5 Å². The molecule has 96 valence electrons. The van der Waals surface area contributed by atoms with Crippen molar-refractivity contribution in [3.63, 3.8) is 0 Å². The number of halogens is 4. The van der Waals surface area contributed by atoms with Crippen molar-refractivity contribution in [2.24, 2.45) is 0 Å². The monoisotopic (exact) mass is 366 g/mol. The second kappa shape index (κ2) is 4.60. The van der Waals surface area contributed by atoms with E-state index in [0.717, 1.165) is 9.13 Å². The zero-order valence-electron chi connectivity index (χ0n) is 9.73. The van der Waals surface area contributed by atoms with Gasteiger partial charge in [0.2, 0.25) is 0 Å². The van der Waals surface area contributed by atoms with Crippen molar-refractivity contribution in [2.45, 2.75) is 13.1 Å². The normalized spacial score (nSPS) is 11.9. The third kappa shape index (κ3) is 2.15. The van der Waals surface area contributed by atoms with Gasteiger partial charge in [-0.2, -0.15) is 13.2 Å². The van der Waals surface area contributed by atoms with Gasteiger partial charge in [0.15, 0.2) is 0 Å². The average Bonchev–Trinajstić information content (AvgIpc) is 2.31. The molecule has 5 heteroatoms. The number of alkyl halides is 3. The van der Waals surface area contributed by atoms with E-state index in [9.17, 15) is 13.2 Å². The van der Waals surface area contributed by atoms with Crippen LogP contribution in [0.1, 0.15) is 11.1 Å². The average molecular weight is 366 g/mol. The molecule has 0 heterocycles. The number of hydrogen-bond donors (Lipinski definition) is 0. The second-order valence-electron chi connectivity index (χ2n) is 3.91. The summed E-state index contributed by atoms with van der Waals surface area (Å²) in [7, 11) is 1.25. The van der Waals surface area contributed by atoms with Crippen LogP contribution in [0.2, 0.25) is 0 Å². The van der Waals surface area contributed by atoms with E-state index in [2.05, 4.69) is 22.6 Å². The Labute approximate surface area is 116 Å². The Bertz CT molecular complexity index is 605. The molecule has 0 aliphatic carbocycles. The van der Waals surface area contributed by atoms with E-state index in [1.165, 1.54) is 19.2 Å². The first-order chi connectivity index (χ1) is 8.36. The molecule has 0 aromatic heterocycles. The van der Waals surface area contributed by atoms with Gasteiger partial charge in [0.05, 0.1) is 7.11 Å². The molecule has 0 fully saturated rings. The van der Waals surface area contributed by atoms with Crippen LogP contribution in [0.4, 0.5) is 13.2 Å². The minimum Gasteiger partial charge on any atom is -0.496 e. The number of benzene rings is 2. The highest BCUT2D eigenvalue weighted by Gasteiger charge is 2.36. The molecular weight excluding hydrogens is 356 g/mol. The van der Waals surface area contributed by atoms with Crippen LogP contribution in [0.5, 0.6) is 5.75 Å². The molecule has 0 N–H and O–H groups in total. The lowest BCUT2D eigenvalue weighted by Gasteiger charge is -2.16. The van der Waals surface area contributed by atoms with E-state index >= 15 is 0 Å². The fourth-order valence-corrected chi connectivity index (χ4v) is 2.44. The Morgan fingerprint density at radius 2 is 1.67 bits per heavy atom. The summed E-state index contributed by atoms with van der Waals surface area (Å²) in [6, 6.07) is 6.22. The van der Waals surface area contributed by atoms with Gasteiger partial charge in [-0.1, -0.05) is 12.1 Å². The van der Waals surface area contributed by atoms with Gasteiger partial charge >= 0.3 is 6.18 Å². The Morgan fingerprint density at radius 3 is 2.22 bits per heavy atom. The molecule has 0 saturated carbocycles. The molecule has 2 aromatic carbocycles. The fourth-order valence-electron chi connectivity index (χ4n) is 1.97. The minimum atomic E-state index is -4.43. The molecule has 1 nitrogen and oxygen atoms in total. The maximum atomic E-state index is 13.1. The zero-order chi connectivity index (χ0) is 13.5. The topological polar surface area (TPSA) is 9.23 Å². The molecule has 2 aromatic rings. The standard InChI is InChI=1S/C13H10F3IO/c1-7-8-4-6-11(18-2)12(13(14,15)16)9(8)3-5-10(7)17/h3-6H,1-2H3. The minimum absolute atomic E-state index is 0.143. The van der Waals surface area contributed by atoms with Gasteiger partial charge in [-0.3, -0.25) is 0 Å². The summed E-state index contributed by atoms with van der Waals surface area (Å²) in [5.74, 6) is -0.143. The summed E-state index contributed by atoms with van der Waals surface area (Å²) in [5, 5.41) is 0.787. The largest absolute Gasteiger partial charge is 0.496 e. The summed E-state index contributed by atoms with van der Waals surface area (Å²) >= 11 is 2.11. The molecule has 0 unspecified atom stereocenters. The van der Waals surface area contributed by atoms with Crippen LogP contribution in [-0.4, -0.2) is 7.11 Å². The van der Waals surface area contributed by atoms with Crippen LogP contribution in [-0.2, 0) is 6.18 Å². The van der Waals surface area contributed by atoms with Crippen LogP contribution in [0.3, 0.4) is 0 Å². The van der Waals surface area contributed by atoms with E-state index in [1.807, 2.05) is 6.92 Å². The summed E-state index contributed by atoms with van der Waals surface area (Å²) < 4.78 is 45.1. The third-order valence-corrected chi connectivity index (χ3v) is 4.04.